The van der Waals surface area contributed by atoms with Crippen LogP contribution in [0.15, 0.2) is 43.1 Å². The Kier molecular flexibility index (Phi) is 3.52. The van der Waals surface area contributed by atoms with Crippen LogP contribution in [0.25, 0.3) is 27.8 Å². The number of hydrogen-bond acceptors (Lipinski definition) is 5. The predicted octanol–water partition coefficient (Wildman–Crippen LogP) is 2.19. The number of H-pyrrole nitrogens is 1. The molecule has 2 saturated heterocycles. The molecule has 0 saturated carbocycles. The number of aromatic nitrogens is 5. The van der Waals surface area contributed by atoms with Crippen LogP contribution in [0, 0.1) is 0 Å². The van der Waals surface area contributed by atoms with Crippen LogP contribution in [0.3, 0.4) is 0 Å². The summed E-state index contributed by atoms with van der Waals surface area (Å²) in [5, 5.41) is 5.10. The summed E-state index contributed by atoms with van der Waals surface area (Å²) in [6, 6.07) is 6.58. The molecule has 2 atom stereocenters. The van der Waals surface area contributed by atoms with Crippen molar-refractivity contribution in [3.63, 3.8) is 0 Å². The van der Waals surface area contributed by atoms with Crippen molar-refractivity contribution in [3.8, 4) is 11.1 Å². The maximum atomic E-state index is 13.4. The van der Waals surface area contributed by atoms with Gasteiger partial charge in [-0.25, -0.2) is 14.5 Å². The molecule has 2 fully saturated rings. The van der Waals surface area contributed by atoms with Gasteiger partial charge in [0, 0.05) is 54.7 Å². The monoisotopic (exact) mass is 387 g/mol. The van der Waals surface area contributed by atoms with E-state index in [0.29, 0.717) is 17.6 Å². The van der Waals surface area contributed by atoms with Crippen molar-refractivity contribution in [2.45, 2.75) is 24.9 Å². The van der Waals surface area contributed by atoms with E-state index in [0.717, 1.165) is 53.7 Å². The first-order valence-electron chi connectivity index (χ1n) is 9.95. The minimum Gasteiger partial charge on any atom is -0.346 e. The maximum Gasteiger partial charge on any atom is 0.256 e. The van der Waals surface area contributed by atoms with E-state index in [9.17, 15) is 4.79 Å². The average molecular weight is 387 g/mol. The predicted molar refractivity (Wildman–Crippen MR) is 109 cm³/mol. The average Bonchev–Trinajstić information content (AvgIpc) is 3.42. The highest BCUT2D eigenvalue weighted by Gasteiger charge is 2.41. The van der Waals surface area contributed by atoms with Gasteiger partial charge in [0.2, 0.25) is 0 Å². The van der Waals surface area contributed by atoms with Crippen molar-refractivity contribution in [1.82, 2.24) is 34.4 Å². The fourth-order valence-electron chi connectivity index (χ4n) is 4.94. The molecule has 6 heterocycles. The van der Waals surface area contributed by atoms with E-state index in [-0.39, 0.29) is 5.91 Å². The van der Waals surface area contributed by atoms with E-state index in [2.05, 4.69) is 36.9 Å². The molecule has 4 aromatic heterocycles. The number of amides is 1. The van der Waals surface area contributed by atoms with Gasteiger partial charge in [-0.15, -0.1) is 0 Å². The molecule has 2 aliphatic heterocycles. The van der Waals surface area contributed by atoms with Crippen LogP contribution in [0.4, 0.5) is 0 Å². The molecule has 0 spiro atoms. The molecule has 2 aliphatic rings. The number of carbonyl (C=O) groups is 1. The summed E-state index contributed by atoms with van der Waals surface area (Å²) in [5.41, 5.74) is 4.24. The smallest absolute Gasteiger partial charge is 0.256 e. The first kappa shape index (κ1) is 16.7. The minimum absolute atomic E-state index is 0.0973. The largest absolute Gasteiger partial charge is 0.346 e. The van der Waals surface area contributed by atoms with Gasteiger partial charge < -0.3 is 14.8 Å². The zero-order valence-electron chi connectivity index (χ0n) is 16.1. The fraction of sp³-hybridized carbons (Fsp3) is 0.333. The van der Waals surface area contributed by atoms with Crippen molar-refractivity contribution >= 4 is 22.6 Å². The zero-order valence-corrected chi connectivity index (χ0v) is 16.1. The van der Waals surface area contributed by atoms with E-state index < -0.39 is 0 Å². The van der Waals surface area contributed by atoms with Crippen LogP contribution >= 0.6 is 0 Å². The normalized spacial score (nSPS) is 22.0. The highest BCUT2D eigenvalue weighted by atomic mass is 16.2. The quantitative estimate of drug-likeness (QED) is 0.570. The number of likely N-dealkylation sites (tertiary alicyclic amines) is 1. The summed E-state index contributed by atoms with van der Waals surface area (Å²) >= 11 is 0. The van der Waals surface area contributed by atoms with Gasteiger partial charge in [-0.3, -0.25) is 4.79 Å². The number of nitrogens with zero attached hydrogens (tertiary/aromatic N) is 6. The minimum atomic E-state index is 0.0973. The Morgan fingerprint density at radius 1 is 1.17 bits per heavy atom. The van der Waals surface area contributed by atoms with Crippen molar-refractivity contribution in [2.75, 3.05) is 20.1 Å². The Bertz CT molecular complexity index is 1230. The lowest BCUT2D eigenvalue weighted by molar-refractivity contribution is 0.0472. The number of aromatic amines is 1. The van der Waals surface area contributed by atoms with Gasteiger partial charge in [-0.1, -0.05) is 0 Å². The summed E-state index contributed by atoms with van der Waals surface area (Å²) in [5.74, 6) is 0.0973. The molecule has 29 heavy (non-hydrogen) atoms. The topological polar surface area (TPSA) is 82.4 Å². The highest BCUT2D eigenvalue weighted by molar-refractivity contribution is 6.01. The van der Waals surface area contributed by atoms with Gasteiger partial charge in [0.25, 0.3) is 5.91 Å². The third-order valence-corrected chi connectivity index (χ3v) is 6.27. The van der Waals surface area contributed by atoms with Crippen molar-refractivity contribution in [1.29, 1.82) is 0 Å². The lowest BCUT2D eigenvalue weighted by Gasteiger charge is -2.39. The van der Waals surface area contributed by atoms with Crippen LogP contribution in [-0.4, -0.2) is 72.5 Å². The molecule has 2 bridgehead atoms. The molecule has 8 nitrogen and oxygen atoms in total. The first-order chi connectivity index (χ1) is 14.2. The number of fused-ring (bicyclic) bond motifs is 4. The number of piperazine rings is 1. The third-order valence-electron chi connectivity index (χ3n) is 6.27. The molecule has 146 valence electrons. The molecule has 1 amide bonds. The molecule has 6 rings (SSSR count). The SMILES string of the molecule is CN1CC2CCC(C1)N2C(=O)c1cnc2[nH]cc(-c3ccn4ncnc4c3)c2c1. The van der Waals surface area contributed by atoms with Crippen LogP contribution in [-0.2, 0) is 0 Å². The van der Waals surface area contributed by atoms with E-state index in [4.69, 9.17) is 0 Å². The van der Waals surface area contributed by atoms with Gasteiger partial charge in [0.05, 0.1) is 5.56 Å². The van der Waals surface area contributed by atoms with E-state index >= 15 is 0 Å². The van der Waals surface area contributed by atoms with Gasteiger partial charge in [0.15, 0.2) is 5.65 Å². The summed E-state index contributed by atoms with van der Waals surface area (Å²) in [6.07, 6.45) is 9.24. The van der Waals surface area contributed by atoms with E-state index in [1.807, 2.05) is 30.6 Å². The van der Waals surface area contributed by atoms with Crippen LogP contribution in [0.1, 0.15) is 23.2 Å². The fourth-order valence-corrected chi connectivity index (χ4v) is 4.94. The molecule has 8 heteroatoms. The Labute approximate surface area is 167 Å². The second kappa shape index (κ2) is 6.12. The van der Waals surface area contributed by atoms with Gasteiger partial charge in [-0.2, -0.15) is 5.10 Å². The Balaban J connectivity index is 1.40. The Hall–Kier alpha value is -3.26. The molecular weight excluding hydrogens is 366 g/mol. The zero-order chi connectivity index (χ0) is 19.5. The molecule has 1 N–H and O–H groups in total. The van der Waals surface area contributed by atoms with Crippen molar-refractivity contribution in [2.24, 2.45) is 0 Å². The van der Waals surface area contributed by atoms with Crippen molar-refractivity contribution in [3.05, 3.63) is 48.7 Å². The second-order valence-electron chi connectivity index (χ2n) is 8.12. The third kappa shape index (κ3) is 2.56. The lowest BCUT2D eigenvalue weighted by Crippen LogP contribution is -2.54. The maximum absolute atomic E-state index is 13.4. The van der Waals surface area contributed by atoms with Crippen molar-refractivity contribution < 1.29 is 4.79 Å². The number of rotatable bonds is 2. The van der Waals surface area contributed by atoms with Crippen LogP contribution < -0.4 is 0 Å². The number of pyridine rings is 2. The molecule has 0 aromatic carbocycles. The second-order valence-corrected chi connectivity index (χ2v) is 8.12. The molecule has 4 aromatic rings. The van der Waals surface area contributed by atoms with Gasteiger partial charge in [-0.05, 0) is 43.7 Å². The van der Waals surface area contributed by atoms with E-state index in [1.54, 1.807) is 10.7 Å². The molecule has 0 aliphatic carbocycles. The standard InChI is InChI=1S/C21H21N7O/c1-26-10-15-2-3-16(11-26)28(15)21(29)14-6-17-18(9-23-20(17)22-8-14)13-4-5-27-19(7-13)24-12-25-27/h4-9,12,15-16H,2-3,10-11H2,1H3,(H,22,23). The highest BCUT2D eigenvalue weighted by Crippen LogP contribution is 2.33. The van der Waals surface area contributed by atoms with Crippen LogP contribution in [0.2, 0.25) is 0 Å². The van der Waals surface area contributed by atoms with Gasteiger partial charge in [0.1, 0.15) is 12.0 Å². The van der Waals surface area contributed by atoms with Gasteiger partial charge >= 0.3 is 0 Å². The summed E-state index contributed by atoms with van der Waals surface area (Å²) < 4.78 is 1.73. The number of likely N-dealkylation sites (N-methyl/N-ethyl adjacent to an activating group) is 1. The number of hydrogen-bond donors (Lipinski definition) is 1. The summed E-state index contributed by atoms with van der Waals surface area (Å²) in [4.78, 5) is 29.8. The summed E-state index contributed by atoms with van der Waals surface area (Å²) in [6.45, 7) is 1.90. The molecule has 2 unspecified atom stereocenters. The summed E-state index contributed by atoms with van der Waals surface area (Å²) in [7, 11) is 2.14. The Morgan fingerprint density at radius 3 is 2.83 bits per heavy atom. The number of nitrogens with one attached hydrogen (secondary N) is 1. The molecular formula is C21H21N7O. The number of carbonyl (C=O) groups excluding carboxylic acids is 1. The Morgan fingerprint density at radius 2 is 2.00 bits per heavy atom. The van der Waals surface area contributed by atoms with E-state index in [1.165, 1.54) is 6.33 Å². The molecule has 0 radical (unpaired) electrons. The van der Waals surface area contributed by atoms with Crippen LogP contribution in [0.5, 0.6) is 0 Å². The lowest BCUT2D eigenvalue weighted by atomic mass is 10.1. The first-order valence-corrected chi connectivity index (χ1v) is 9.95.